The number of hydrogen-bond donors (Lipinski definition) is 2. The highest BCUT2D eigenvalue weighted by molar-refractivity contribution is 7.99. The summed E-state index contributed by atoms with van der Waals surface area (Å²) < 4.78 is 0. The number of amides is 3. The quantitative estimate of drug-likeness (QED) is 0.709. The number of rotatable bonds is 5. The molecule has 2 aliphatic heterocycles. The molecule has 7 nitrogen and oxygen atoms in total. The average Bonchev–Trinajstić information content (AvgIpc) is 3.08. The van der Waals surface area contributed by atoms with Gasteiger partial charge in [0, 0.05) is 38.4 Å². The van der Waals surface area contributed by atoms with Crippen LogP contribution in [0.3, 0.4) is 0 Å². The van der Waals surface area contributed by atoms with Crippen LogP contribution >= 0.6 is 11.8 Å². The number of nitrogens with zero attached hydrogens (tertiary/aromatic N) is 2. The highest BCUT2D eigenvalue weighted by Crippen LogP contribution is 2.25. The lowest BCUT2D eigenvalue weighted by Crippen LogP contribution is -2.53. The van der Waals surface area contributed by atoms with E-state index in [-0.39, 0.29) is 29.7 Å². The van der Waals surface area contributed by atoms with Crippen molar-refractivity contribution in [1.29, 1.82) is 0 Å². The van der Waals surface area contributed by atoms with E-state index in [0.29, 0.717) is 44.2 Å². The summed E-state index contributed by atoms with van der Waals surface area (Å²) in [4.78, 5) is 40.3. The van der Waals surface area contributed by atoms with Gasteiger partial charge in [-0.15, -0.1) is 11.8 Å². The molecule has 2 rings (SSSR count). The van der Waals surface area contributed by atoms with Crippen LogP contribution in [0.1, 0.15) is 26.2 Å². The molecule has 0 bridgehead atoms. The molecule has 2 fully saturated rings. The molecule has 0 aromatic rings. The third kappa shape index (κ3) is 4.38. The van der Waals surface area contributed by atoms with Gasteiger partial charge in [0.1, 0.15) is 6.04 Å². The van der Waals surface area contributed by atoms with Gasteiger partial charge < -0.3 is 20.9 Å². The van der Waals surface area contributed by atoms with Crippen LogP contribution in [-0.2, 0) is 14.4 Å². The zero-order chi connectivity index (χ0) is 16.8. The first kappa shape index (κ1) is 18.1. The molecule has 0 saturated carbocycles. The molecule has 8 heteroatoms. The molecule has 2 aliphatic rings. The van der Waals surface area contributed by atoms with Crippen molar-refractivity contribution in [1.82, 2.24) is 15.1 Å². The van der Waals surface area contributed by atoms with Crippen LogP contribution in [0.25, 0.3) is 0 Å². The fourth-order valence-electron chi connectivity index (χ4n) is 3.04. The second-order valence-electron chi connectivity index (χ2n) is 5.94. The van der Waals surface area contributed by atoms with Crippen LogP contribution < -0.4 is 11.1 Å². The van der Waals surface area contributed by atoms with Gasteiger partial charge in [0.15, 0.2) is 0 Å². The van der Waals surface area contributed by atoms with E-state index in [4.69, 9.17) is 5.73 Å². The predicted molar refractivity (Wildman–Crippen MR) is 89.6 cm³/mol. The average molecular weight is 342 g/mol. The Bertz CT molecular complexity index is 460. The van der Waals surface area contributed by atoms with Crippen LogP contribution in [0.4, 0.5) is 0 Å². The van der Waals surface area contributed by atoms with E-state index in [1.807, 2.05) is 6.92 Å². The Labute approximate surface area is 141 Å². The van der Waals surface area contributed by atoms with Crippen molar-refractivity contribution in [2.75, 3.05) is 37.8 Å². The number of hydrogen-bond acceptors (Lipinski definition) is 5. The fourth-order valence-corrected chi connectivity index (χ4v) is 4.21. The van der Waals surface area contributed by atoms with E-state index in [1.54, 1.807) is 21.6 Å². The molecule has 130 valence electrons. The van der Waals surface area contributed by atoms with Crippen molar-refractivity contribution >= 4 is 29.5 Å². The Hall–Kier alpha value is -1.28. The molecule has 23 heavy (non-hydrogen) atoms. The van der Waals surface area contributed by atoms with Gasteiger partial charge in [-0.25, -0.2) is 0 Å². The lowest BCUT2D eigenvalue weighted by molar-refractivity contribution is -0.145. The summed E-state index contributed by atoms with van der Waals surface area (Å²) in [6.07, 6.45) is 2.01. The van der Waals surface area contributed by atoms with Gasteiger partial charge in [-0.3, -0.25) is 14.4 Å². The minimum Gasteiger partial charge on any atom is -0.355 e. The summed E-state index contributed by atoms with van der Waals surface area (Å²) in [7, 11) is 0. The summed E-state index contributed by atoms with van der Waals surface area (Å²) in [6.45, 7) is 3.78. The molecule has 0 aromatic heterocycles. The number of thioether (sulfide) groups is 1. The number of likely N-dealkylation sites (tertiary alicyclic amines) is 1. The first-order valence-corrected chi connectivity index (χ1v) is 9.37. The highest BCUT2D eigenvalue weighted by Gasteiger charge is 2.38. The van der Waals surface area contributed by atoms with Crippen molar-refractivity contribution in [3.8, 4) is 0 Å². The minimum atomic E-state index is -0.377. The normalized spacial score (nSPS) is 24.6. The van der Waals surface area contributed by atoms with Gasteiger partial charge in [0.25, 0.3) is 0 Å². The third-order valence-electron chi connectivity index (χ3n) is 4.34. The standard InChI is InChI=1S/C15H26N4O3S/c1-2-13(20)19-10-23-9-12(19)15(22)18-7-3-4-11(8-18)14(21)17-6-5-16/h11-12H,2-10,16H2,1H3,(H,17,21). The van der Waals surface area contributed by atoms with Crippen molar-refractivity contribution in [3.63, 3.8) is 0 Å². The topological polar surface area (TPSA) is 95.7 Å². The van der Waals surface area contributed by atoms with Crippen molar-refractivity contribution < 1.29 is 14.4 Å². The number of carbonyl (C=O) groups is 3. The maximum Gasteiger partial charge on any atom is 0.246 e. The van der Waals surface area contributed by atoms with Gasteiger partial charge in [0.2, 0.25) is 17.7 Å². The predicted octanol–water partition coefficient (Wildman–Crippen LogP) is -0.389. The maximum absolute atomic E-state index is 12.8. The maximum atomic E-state index is 12.8. The SMILES string of the molecule is CCC(=O)N1CSCC1C(=O)N1CCCC(C(=O)NCCN)C1. The van der Waals surface area contributed by atoms with Gasteiger partial charge in [-0.1, -0.05) is 6.92 Å². The second kappa shape index (κ2) is 8.54. The monoisotopic (exact) mass is 342 g/mol. The molecule has 2 unspecified atom stereocenters. The molecule has 2 saturated heterocycles. The minimum absolute atomic E-state index is 0.0163. The van der Waals surface area contributed by atoms with E-state index in [0.717, 1.165) is 12.8 Å². The lowest BCUT2D eigenvalue weighted by Gasteiger charge is -2.35. The number of piperidine rings is 1. The molecular formula is C15H26N4O3S. The molecule has 0 aliphatic carbocycles. The molecule has 2 heterocycles. The van der Waals surface area contributed by atoms with Gasteiger partial charge in [-0.2, -0.15) is 0 Å². The lowest BCUT2D eigenvalue weighted by atomic mass is 9.96. The first-order valence-electron chi connectivity index (χ1n) is 8.22. The van der Waals surface area contributed by atoms with Crippen LogP contribution in [-0.4, -0.2) is 71.4 Å². The van der Waals surface area contributed by atoms with Gasteiger partial charge >= 0.3 is 0 Å². The molecule has 0 aromatic carbocycles. The summed E-state index contributed by atoms with van der Waals surface area (Å²) in [5, 5.41) is 2.80. The Morgan fingerprint density at radius 3 is 2.83 bits per heavy atom. The van der Waals surface area contributed by atoms with Crippen LogP contribution in [0.2, 0.25) is 0 Å². The Morgan fingerprint density at radius 2 is 2.13 bits per heavy atom. The molecule has 0 radical (unpaired) electrons. The second-order valence-corrected chi connectivity index (χ2v) is 6.94. The molecule has 3 amide bonds. The highest BCUT2D eigenvalue weighted by atomic mass is 32.2. The number of carbonyl (C=O) groups excluding carboxylic acids is 3. The Balaban J connectivity index is 1.96. The van der Waals surface area contributed by atoms with E-state index >= 15 is 0 Å². The molecule has 0 spiro atoms. The Kier molecular flexibility index (Phi) is 6.71. The van der Waals surface area contributed by atoms with Crippen molar-refractivity contribution in [2.45, 2.75) is 32.2 Å². The zero-order valence-corrected chi connectivity index (χ0v) is 14.4. The fraction of sp³-hybridized carbons (Fsp3) is 0.800. The van der Waals surface area contributed by atoms with Crippen LogP contribution in [0.5, 0.6) is 0 Å². The first-order chi connectivity index (χ1) is 11.1. The number of nitrogens with two attached hydrogens (primary N) is 1. The van der Waals surface area contributed by atoms with E-state index in [1.165, 1.54) is 0 Å². The smallest absolute Gasteiger partial charge is 0.246 e. The summed E-state index contributed by atoms with van der Waals surface area (Å²) in [6, 6.07) is -0.377. The van der Waals surface area contributed by atoms with E-state index in [2.05, 4.69) is 5.32 Å². The van der Waals surface area contributed by atoms with E-state index < -0.39 is 0 Å². The van der Waals surface area contributed by atoms with Crippen LogP contribution in [0.15, 0.2) is 0 Å². The van der Waals surface area contributed by atoms with Crippen molar-refractivity contribution in [2.24, 2.45) is 11.7 Å². The summed E-state index contributed by atoms with van der Waals surface area (Å²) >= 11 is 1.61. The largest absolute Gasteiger partial charge is 0.355 e. The summed E-state index contributed by atoms with van der Waals surface area (Å²) in [5.41, 5.74) is 5.40. The van der Waals surface area contributed by atoms with Crippen LogP contribution in [0, 0.1) is 5.92 Å². The molecule has 3 N–H and O–H groups in total. The van der Waals surface area contributed by atoms with E-state index in [9.17, 15) is 14.4 Å². The van der Waals surface area contributed by atoms with Gasteiger partial charge in [0.05, 0.1) is 11.8 Å². The molecular weight excluding hydrogens is 316 g/mol. The third-order valence-corrected chi connectivity index (χ3v) is 5.35. The summed E-state index contributed by atoms with van der Waals surface area (Å²) in [5.74, 6) is 1.01. The van der Waals surface area contributed by atoms with Crippen molar-refractivity contribution in [3.05, 3.63) is 0 Å². The van der Waals surface area contributed by atoms with Gasteiger partial charge in [-0.05, 0) is 12.8 Å². The zero-order valence-electron chi connectivity index (χ0n) is 13.6. The molecule has 2 atom stereocenters. The number of nitrogens with one attached hydrogen (secondary N) is 1. The Morgan fingerprint density at radius 1 is 1.35 bits per heavy atom.